The van der Waals surface area contributed by atoms with E-state index in [0.29, 0.717) is 23.9 Å². The summed E-state index contributed by atoms with van der Waals surface area (Å²) in [5.41, 5.74) is 0. The van der Waals surface area contributed by atoms with Crippen LogP contribution in [0.15, 0.2) is 134 Å². The molecule has 544 valence electrons. The van der Waals surface area contributed by atoms with Crippen LogP contribution in [0.2, 0.25) is 0 Å². The molecular formula is C86H147NO8. The van der Waals surface area contributed by atoms with Crippen molar-refractivity contribution in [2.24, 2.45) is 0 Å². The largest absolute Gasteiger partial charge is 0.545 e. The first-order valence-electron chi connectivity index (χ1n) is 39.3. The molecule has 0 aromatic rings. The van der Waals surface area contributed by atoms with E-state index in [4.69, 9.17) is 18.9 Å². The van der Waals surface area contributed by atoms with Gasteiger partial charge in [-0.1, -0.05) is 347 Å². The van der Waals surface area contributed by atoms with Crippen molar-refractivity contribution >= 4 is 17.9 Å². The highest BCUT2D eigenvalue weighted by Gasteiger charge is 2.22. The normalized spacial score (nSPS) is 13.4. The van der Waals surface area contributed by atoms with Gasteiger partial charge in [-0.15, -0.1) is 0 Å². The molecule has 9 heteroatoms. The van der Waals surface area contributed by atoms with Crippen LogP contribution in [0.3, 0.4) is 0 Å². The third-order valence-electron chi connectivity index (χ3n) is 16.9. The molecule has 0 rings (SSSR count). The molecule has 2 atom stereocenters. The Morgan fingerprint density at radius 2 is 0.568 bits per heavy atom. The summed E-state index contributed by atoms with van der Waals surface area (Å²) in [6.07, 6.45) is 106. The quantitative estimate of drug-likeness (QED) is 0.0195. The van der Waals surface area contributed by atoms with Crippen molar-refractivity contribution < 1.29 is 42.9 Å². The van der Waals surface area contributed by atoms with E-state index in [1.165, 1.54) is 193 Å². The summed E-state index contributed by atoms with van der Waals surface area (Å²) in [6, 6.07) is 0. The number of unbranched alkanes of at least 4 members (excludes halogenated alkanes) is 35. The fourth-order valence-electron chi connectivity index (χ4n) is 11.0. The standard InChI is InChI=1S/C86H147NO8/c1-6-8-10-12-14-16-18-20-22-24-26-28-30-32-34-36-38-40-42-44-46-48-50-52-54-56-58-60-62-64-66-68-70-72-74-76-83(88)93-80-82(81-94-86(85(90)91)92-79-78-87(3,4)5)95-84(89)77-75-73-71-69-67-65-63-61-59-57-55-53-51-49-47-45-43-41-39-37-35-33-31-29-27-25-23-21-19-17-15-13-11-9-7-2/h8-11,14-17,20-23,26-29,32-35,39,41,82,86H,6-7,12-13,18-19,24-25,30-31,36-38,40,42-81H2,1-5H3/b10-8-,11-9-,16-14-,17-15-,22-20-,23-21-,28-26-,29-27-,34-32-,35-33-,41-39-. The highest BCUT2D eigenvalue weighted by atomic mass is 16.7. The summed E-state index contributed by atoms with van der Waals surface area (Å²) < 4.78 is 22.9. The Morgan fingerprint density at radius 3 is 0.842 bits per heavy atom. The Bertz CT molecular complexity index is 2030. The van der Waals surface area contributed by atoms with Crippen molar-refractivity contribution in [1.82, 2.24) is 0 Å². The SMILES string of the molecule is CC/C=C\C/C=C\C/C=C\C/C=C\C/C=C\C/C=C\CCCCCCCCCCCCCCCCCCC(=O)OC(COC(=O)CCCCCCCCCCCCCCCCCCCCC/C=C\C/C=C\C/C=C\C/C=C\C/C=C\CC)COC(OCC[N+](C)(C)C)C(=O)[O-]. The zero-order valence-corrected chi connectivity index (χ0v) is 62.3. The van der Waals surface area contributed by atoms with Gasteiger partial charge < -0.3 is 33.3 Å². The van der Waals surface area contributed by atoms with Crippen LogP contribution in [0.1, 0.15) is 335 Å². The molecule has 0 saturated carbocycles. The average molecular weight is 1320 g/mol. The van der Waals surface area contributed by atoms with Crippen LogP contribution in [0.5, 0.6) is 0 Å². The van der Waals surface area contributed by atoms with Crippen LogP contribution in [-0.2, 0) is 33.3 Å². The Balaban J connectivity index is 4.03. The molecule has 0 saturated heterocycles. The Morgan fingerprint density at radius 1 is 0.316 bits per heavy atom. The summed E-state index contributed by atoms with van der Waals surface area (Å²) in [4.78, 5) is 37.6. The topological polar surface area (TPSA) is 111 Å². The predicted octanol–water partition coefficient (Wildman–Crippen LogP) is 23.9. The van der Waals surface area contributed by atoms with Gasteiger partial charge in [0.2, 0.25) is 0 Å². The maximum Gasteiger partial charge on any atom is 0.306 e. The number of aliphatic carboxylic acids is 1. The summed E-state index contributed by atoms with van der Waals surface area (Å²) >= 11 is 0. The molecule has 0 amide bonds. The van der Waals surface area contributed by atoms with E-state index >= 15 is 0 Å². The fourth-order valence-corrected chi connectivity index (χ4v) is 11.0. The van der Waals surface area contributed by atoms with Crippen LogP contribution in [0, 0.1) is 0 Å². The second kappa shape index (κ2) is 75.2. The number of quaternary nitrogens is 1. The number of ether oxygens (including phenoxy) is 4. The molecule has 95 heavy (non-hydrogen) atoms. The van der Waals surface area contributed by atoms with Crippen molar-refractivity contribution in [2.45, 2.75) is 347 Å². The van der Waals surface area contributed by atoms with Gasteiger partial charge in [-0.25, -0.2) is 0 Å². The highest BCUT2D eigenvalue weighted by molar-refractivity contribution is 5.70. The van der Waals surface area contributed by atoms with Gasteiger partial charge in [0.05, 0.1) is 40.3 Å². The van der Waals surface area contributed by atoms with Gasteiger partial charge in [0.15, 0.2) is 12.4 Å². The van der Waals surface area contributed by atoms with E-state index in [1.807, 2.05) is 21.1 Å². The van der Waals surface area contributed by atoms with E-state index in [-0.39, 0.29) is 32.2 Å². The van der Waals surface area contributed by atoms with Crippen molar-refractivity contribution in [3.63, 3.8) is 0 Å². The monoisotopic (exact) mass is 1320 g/mol. The van der Waals surface area contributed by atoms with Crippen LogP contribution in [-0.4, -0.2) is 82.3 Å². The molecule has 2 unspecified atom stereocenters. The van der Waals surface area contributed by atoms with Gasteiger partial charge in [0, 0.05) is 12.8 Å². The molecule has 0 radical (unpaired) electrons. The number of hydrogen-bond acceptors (Lipinski definition) is 8. The lowest BCUT2D eigenvalue weighted by Gasteiger charge is -2.26. The molecule has 0 fully saturated rings. The lowest BCUT2D eigenvalue weighted by molar-refractivity contribution is -0.870. The molecule has 0 aromatic carbocycles. The van der Waals surface area contributed by atoms with Gasteiger partial charge in [-0.05, 0) is 109 Å². The predicted molar refractivity (Wildman–Crippen MR) is 407 cm³/mol. The second-order valence-corrected chi connectivity index (χ2v) is 27.2. The van der Waals surface area contributed by atoms with E-state index in [0.717, 1.165) is 109 Å². The molecule has 9 nitrogen and oxygen atoms in total. The first kappa shape index (κ1) is 90.4. The van der Waals surface area contributed by atoms with Gasteiger partial charge in [0.25, 0.3) is 0 Å². The lowest BCUT2D eigenvalue weighted by Crippen LogP contribution is -2.44. The maximum atomic E-state index is 13.0. The summed E-state index contributed by atoms with van der Waals surface area (Å²) in [5.74, 6) is -2.27. The van der Waals surface area contributed by atoms with Crippen LogP contribution < -0.4 is 5.11 Å². The van der Waals surface area contributed by atoms with Crippen molar-refractivity contribution in [2.75, 3.05) is 47.5 Å². The number of esters is 2. The van der Waals surface area contributed by atoms with E-state index in [1.54, 1.807) is 0 Å². The maximum absolute atomic E-state index is 13.0. The number of carbonyl (C=O) groups is 3. The van der Waals surface area contributed by atoms with Gasteiger partial charge in [-0.2, -0.15) is 0 Å². The smallest absolute Gasteiger partial charge is 0.306 e. The van der Waals surface area contributed by atoms with E-state index < -0.39 is 24.3 Å². The molecule has 0 aliphatic heterocycles. The molecule has 0 bridgehead atoms. The molecule has 0 aliphatic rings. The van der Waals surface area contributed by atoms with Crippen LogP contribution in [0.25, 0.3) is 0 Å². The number of allylic oxidation sites excluding steroid dienone is 22. The summed E-state index contributed by atoms with van der Waals surface area (Å²) in [5, 5.41) is 11.9. The highest BCUT2D eigenvalue weighted by Crippen LogP contribution is 2.18. The molecular weight excluding hydrogens is 1170 g/mol. The Kier molecular flexibility index (Phi) is 71.6. The third-order valence-corrected chi connectivity index (χ3v) is 16.9. The first-order chi connectivity index (χ1) is 46.6. The molecule has 0 aromatic heterocycles. The van der Waals surface area contributed by atoms with E-state index in [9.17, 15) is 19.5 Å². The number of hydrogen-bond donors (Lipinski definition) is 0. The Labute approximate surface area is 586 Å². The summed E-state index contributed by atoms with van der Waals surface area (Å²) in [7, 11) is 5.94. The van der Waals surface area contributed by atoms with E-state index in [2.05, 4.69) is 148 Å². The number of likely N-dealkylation sites (N-methyl/N-ethyl adjacent to an activating group) is 1. The van der Waals surface area contributed by atoms with Crippen LogP contribution >= 0.6 is 0 Å². The minimum Gasteiger partial charge on any atom is -0.545 e. The van der Waals surface area contributed by atoms with Crippen molar-refractivity contribution in [3.05, 3.63) is 134 Å². The fraction of sp³-hybridized carbons (Fsp3) is 0.709. The minimum atomic E-state index is -1.63. The van der Waals surface area contributed by atoms with Gasteiger partial charge in [-0.3, -0.25) is 9.59 Å². The first-order valence-corrected chi connectivity index (χ1v) is 39.3. The van der Waals surface area contributed by atoms with Crippen LogP contribution in [0.4, 0.5) is 0 Å². The molecule has 0 N–H and O–H groups in total. The number of carbonyl (C=O) groups excluding carboxylic acids is 3. The number of rotatable bonds is 72. The Hall–Kier alpha value is -4.57. The molecule has 0 spiro atoms. The lowest BCUT2D eigenvalue weighted by atomic mass is 10.0. The zero-order valence-electron chi connectivity index (χ0n) is 62.3. The van der Waals surface area contributed by atoms with Crippen molar-refractivity contribution in [3.8, 4) is 0 Å². The summed E-state index contributed by atoms with van der Waals surface area (Å²) in [6.45, 7) is 4.55. The minimum absolute atomic E-state index is 0.145. The molecule has 0 heterocycles. The van der Waals surface area contributed by atoms with Gasteiger partial charge in [0.1, 0.15) is 13.2 Å². The third kappa shape index (κ3) is 76.7. The number of carboxylic acid groups (broad SMARTS) is 1. The number of nitrogens with zero attached hydrogens (tertiary/aromatic N) is 1. The molecule has 0 aliphatic carbocycles. The second-order valence-electron chi connectivity index (χ2n) is 27.2. The number of carboxylic acids is 1. The van der Waals surface area contributed by atoms with Crippen molar-refractivity contribution in [1.29, 1.82) is 0 Å². The van der Waals surface area contributed by atoms with Gasteiger partial charge >= 0.3 is 11.9 Å². The average Bonchev–Trinajstić information content (AvgIpc) is 3.58. The zero-order chi connectivity index (χ0) is 69.0.